The van der Waals surface area contributed by atoms with Gasteiger partial charge in [-0.05, 0) is 69.0 Å². The number of likely N-dealkylation sites (N-methyl/N-ethyl adjacent to an activating group) is 1. The smallest absolute Gasteiger partial charge is 0.121 e. The molecule has 0 spiro atoms. The van der Waals surface area contributed by atoms with Gasteiger partial charge in [0.05, 0.1) is 12.7 Å². The van der Waals surface area contributed by atoms with Gasteiger partial charge in [-0.15, -0.1) is 0 Å². The van der Waals surface area contributed by atoms with E-state index in [1.165, 1.54) is 18.1 Å². The third-order valence-corrected chi connectivity index (χ3v) is 5.57. The van der Waals surface area contributed by atoms with Crippen molar-refractivity contribution < 1.29 is 20.1 Å². The molecule has 5 heteroatoms. The van der Waals surface area contributed by atoms with E-state index in [1.54, 1.807) is 12.1 Å². The van der Waals surface area contributed by atoms with Gasteiger partial charge in [0.2, 0.25) is 0 Å². The third-order valence-electron chi connectivity index (χ3n) is 5.57. The summed E-state index contributed by atoms with van der Waals surface area (Å²) in [6.07, 6.45) is 7.30. The van der Waals surface area contributed by atoms with Crippen LogP contribution in [-0.4, -0.2) is 53.6 Å². The van der Waals surface area contributed by atoms with Crippen molar-refractivity contribution in [1.82, 2.24) is 4.90 Å². The molecule has 2 aromatic carbocycles. The molecule has 1 unspecified atom stereocenters. The highest BCUT2D eigenvalue weighted by Crippen LogP contribution is 2.23. The normalized spacial score (nSPS) is 12.4. The number of benzene rings is 2. The number of aromatic hydroxyl groups is 1. The van der Waals surface area contributed by atoms with Crippen LogP contribution in [0.1, 0.15) is 61.3 Å². The maximum absolute atomic E-state index is 10.4. The van der Waals surface area contributed by atoms with Gasteiger partial charge in [-0.25, -0.2) is 0 Å². The largest absolute Gasteiger partial charge is 0.508 e. The van der Waals surface area contributed by atoms with Gasteiger partial charge in [0.1, 0.15) is 5.75 Å². The Morgan fingerprint density at radius 3 is 2.35 bits per heavy atom. The molecule has 2 aromatic rings. The summed E-state index contributed by atoms with van der Waals surface area (Å²) in [5.41, 5.74) is 2.56. The monoisotopic (exact) mass is 429 g/mol. The first kappa shape index (κ1) is 25.3. The van der Waals surface area contributed by atoms with E-state index in [1.807, 2.05) is 7.05 Å². The first-order chi connectivity index (χ1) is 15.1. The van der Waals surface area contributed by atoms with Crippen LogP contribution in [0, 0.1) is 0 Å². The van der Waals surface area contributed by atoms with Crippen molar-refractivity contribution >= 4 is 0 Å². The number of hydrogen-bond acceptors (Lipinski definition) is 5. The molecular weight excluding hydrogens is 390 g/mol. The summed E-state index contributed by atoms with van der Waals surface area (Å²) in [5.74, 6) is 0.0583. The number of rotatable bonds is 16. The van der Waals surface area contributed by atoms with E-state index in [-0.39, 0.29) is 12.4 Å². The SMILES string of the molecule is CN(CCCCCCOCCCCc1ccccc1)CC(O)c1ccc(O)c(CO)c1. The van der Waals surface area contributed by atoms with Crippen LogP contribution < -0.4 is 0 Å². The Morgan fingerprint density at radius 1 is 0.903 bits per heavy atom. The van der Waals surface area contributed by atoms with Gasteiger partial charge in [0, 0.05) is 25.3 Å². The number of unbranched alkanes of at least 4 members (excludes halogenated alkanes) is 4. The average Bonchev–Trinajstić information content (AvgIpc) is 2.78. The number of nitrogens with zero attached hydrogens (tertiary/aromatic N) is 1. The summed E-state index contributed by atoms with van der Waals surface area (Å²) in [7, 11) is 2.01. The lowest BCUT2D eigenvalue weighted by molar-refractivity contribution is 0.122. The Hall–Kier alpha value is -1.92. The molecule has 0 aliphatic heterocycles. The highest BCUT2D eigenvalue weighted by molar-refractivity contribution is 5.36. The van der Waals surface area contributed by atoms with Crippen molar-refractivity contribution in [3.63, 3.8) is 0 Å². The van der Waals surface area contributed by atoms with E-state index < -0.39 is 6.10 Å². The molecule has 0 saturated heterocycles. The lowest BCUT2D eigenvalue weighted by atomic mass is 10.0. The molecule has 5 nitrogen and oxygen atoms in total. The zero-order chi connectivity index (χ0) is 22.3. The van der Waals surface area contributed by atoms with Gasteiger partial charge in [-0.1, -0.05) is 49.2 Å². The van der Waals surface area contributed by atoms with E-state index in [0.29, 0.717) is 12.1 Å². The van der Waals surface area contributed by atoms with Crippen LogP contribution in [0.4, 0.5) is 0 Å². The van der Waals surface area contributed by atoms with Crippen LogP contribution in [0.25, 0.3) is 0 Å². The summed E-state index contributed by atoms with van der Waals surface area (Å²) in [4.78, 5) is 2.12. The molecule has 1 atom stereocenters. The van der Waals surface area contributed by atoms with E-state index in [0.717, 1.165) is 63.8 Å². The Balaban J connectivity index is 1.44. The van der Waals surface area contributed by atoms with E-state index in [2.05, 4.69) is 35.2 Å². The molecular formula is C26H39NO4. The van der Waals surface area contributed by atoms with Crippen LogP contribution in [0.15, 0.2) is 48.5 Å². The fourth-order valence-electron chi connectivity index (χ4n) is 3.65. The summed E-state index contributed by atoms with van der Waals surface area (Å²) in [6, 6.07) is 15.5. The van der Waals surface area contributed by atoms with Gasteiger partial charge in [-0.3, -0.25) is 0 Å². The highest BCUT2D eigenvalue weighted by atomic mass is 16.5. The fourth-order valence-corrected chi connectivity index (χ4v) is 3.65. The van der Waals surface area contributed by atoms with E-state index in [4.69, 9.17) is 4.74 Å². The molecule has 0 aliphatic carbocycles. The molecule has 172 valence electrons. The lowest BCUT2D eigenvalue weighted by Gasteiger charge is -2.21. The minimum absolute atomic E-state index is 0.0583. The number of aliphatic hydroxyl groups excluding tert-OH is 2. The van der Waals surface area contributed by atoms with Gasteiger partial charge >= 0.3 is 0 Å². The quantitative estimate of drug-likeness (QED) is 0.344. The predicted molar refractivity (Wildman–Crippen MR) is 125 cm³/mol. The molecule has 0 amide bonds. The van der Waals surface area contributed by atoms with Crippen LogP contribution in [-0.2, 0) is 17.8 Å². The Bertz CT molecular complexity index is 723. The summed E-state index contributed by atoms with van der Waals surface area (Å²) < 4.78 is 5.75. The Labute approximate surface area is 187 Å². The molecule has 0 saturated carbocycles. The molecule has 3 N–H and O–H groups in total. The number of aryl methyl sites for hydroxylation is 1. The minimum Gasteiger partial charge on any atom is -0.508 e. The van der Waals surface area contributed by atoms with Gasteiger partial charge in [-0.2, -0.15) is 0 Å². The van der Waals surface area contributed by atoms with Crippen molar-refractivity contribution in [2.75, 3.05) is 33.4 Å². The van der Waals surface area contributed by atoms with Crippen LogP contribution in [0.3, 0.4) is 0 Å². The molecule has 0 heterocycles. The first-order valence-electron chi connectivity index (χ1n) is 11.5. The molecule has 2 rings (SSSR count). The van der Waals surface area contributed by atoms with Gasteiger partial charge in [0.25, 0.3) is 0 Å². The van der Waals surface area contributed by atoms with Crippen molar-refractivity contribution in [2.45, 2.75) is 57.7 Å². The van der Waals surface area contributed by atoms with Gasteiger partial charge < -0.3 is 25.0 Å². The third kappa shape index (κ3) is 10.3. The maximum atomic E-state index is 10.4. The molecule has 0 bridgehead atoms. The first-order valence-corrected chi connectivity index (χ1v) is 11.5. The highest BCUT2D eigenvalue weighted by Gasteiger charge is 2.12. The van der Waals surface area contributed by atoms with Crippen molar-refractivity contribution in [3.8, 4) is 5.75 Å². The second-order valence-corrected chi connectivity index (χ2v) is 8.29. The van der Waals surface area contributed by atoms with Gasteiger partial charge in [0.15, 0.2) is 0 Å². The van der Waals surface area contributed by atoms with Crippen LogP contribution in [0.2, 0.25) is 0 Å². The number of ether oxygens (including phenoxy) is 1. The second-order valence-electron chi connectivity index (χ2n) is 8.29. The predicted octanol–water partition coefficient (Wildman–Crippen LogP) is 4.45. The fraction of sp³-hybridized carbons (Fsp3) is 0.538. The zero-order valence-corrected chi connectivity index (χ0v) is 18.9. The average molecular weight is 430 g/mol. The van der Waals surface area contributed by atoms with Crippen molar-refractivity contribution in [1.29, 1.82) is 0 Å². The van der Waals surface area contributed by atoms with Crippen molar-refractivity contribution in [3.05, 3.63) is 65.2 Å². The standard InChI is InChI=1S/C26H39NO4/c1-27(20-26(30)23-14-15-25(29)24(19-23)21-28)16-8-2-3-9-17-31-18-10-7-13-22-11-5-4-6-12-22/h4-6,11-12,14-15,19,26,28-30H,2-3,7-10,13,16-18,20-21H2,1H3. The number of hydrogen-bond donors (Lipinski definition) is 3. The van der Waals surface area contributed by atoms with Crippen LogP contribution in [0.5, 0.6) is 5.75 Å². The molecule has 31 heavy (non-hydrogen) atoms. The molecule has 0 aromatic heterocycles. The lowest BCUT2D eigenvalue weighted by Crippen LogP contribution is -2.25. The number of phenols is 1. The minimum atomic E-state index is -0.633. The topological polar surface area (TPSA) is 73.2 Å². The molecule has 0 aliphatic rings. The van der Waals surface area contributed by atoms with E-state index >= 15 is 0 Å². The van der Waals surface area contributed by atoms with Crippen molar-refractivity contribution in [2.24, 2.45) is 0 Å². The Morgan fingerprint density at radius 2 is 1.61 bits per heavy atom. The summed E-state index contributed by atoms with van der Waals surface area (Å²) in [6.45, 7) is 2.92. The molecule has 0 radical (unpaired) electrons. The second kappa shape index (κ2) is 15.0. The van der Waals surface area contributed by atoms with E-state index in [9.17, 15) is 15.3 Å². The Kier molecular flexibility index (Phi) is 12.2. The van der Waals surface area contributed by atoms with Crippen LogP contribution >= 0.6 is 0 Å². The summed E-state index contributed by atoms with van der Waals surface area (Å²) in [5, 5.41) is 29.3. The summed E-state index contributed by atoms with van der Waals surface area (Å²) >= 11 is 0. The molecule has 0 fully saturated rings. The number of aliphatic hydroxyl groups is 2. The maximum Gasteiger partial charge on any atom is 0.121 e. The zero-order valence-electron chi connectivity index (χ0n) is 18.9.